The second kappa shape index (κ2) is 8.11. The summed E-state index contributed by atoms with van der Waals surface area (Å²) in [7, 11) is 12.4. The van der Waals surface area contributed by atoms with Crippen LogP contribution in [-0.2, 0) is 0 Å². The molecule has 6 atom stereocenters. The van der Waals surface area contributed by atoms with Crippen molar-refractivity contribution in [2.24, 2.45) is 0 Å². The Morgan fingerprint density at radius 2 is 1.50 bits per heavy atom. The van der Waals surface area contributed by atoms with E-state index in [0.29, 0.717) is 0 Å². The van der Waals surface area contributed by atoms with E-state index in [1.54, 1.807) is 0 Å². The molecule has 0 aliphatic heterocycles. The molecule has 0 aromatic carbocycles. The lowest BCUT2D eigenvalue weighted by Crippen LogP contribution is -1.19. The van der Waals surface area contributed by atoms with E-state index < -0.39 is 0 Å². The first-order chi connectivity index (χ1) is 3.18. The van der Waals surface area contributed by atoms with Crippen molar-refractivity contribution in [3.63, 3.8) is 0 Å². The Balaban J connectivity index is 0. The summed E-state index contributed by atoms with van der Waals surface area (Å²) in [6.07, 6.45) is 0. The zero-order valence-electron chi connectivity index (χ0n) is 3.70. The summed E-state index contributed by atoms with van der Waals surface area (Å²) in [6, 6.07) is 0. The van der Waals surface area contributed by atoms with Gasteiger partial charge in [-0.1, -0.05) is 15.4 Å². The molecule has 0 bridgehead atoms. The van der Waals surface area contributed by atoms with Gasteiger partial charge in [0, 0.05) is 0 Å². The minimum atomic E-state index is 0. The van der Waals surface area contributed by atoms with Gasteiger partial charge < -0.3 is 0 Å². The highest BCUT2D eigenvalue weighted by Crippen LogP contribution is 2.92. The van der Waals surface area contributed by atoms with E-state index in [4.69, 9.17) is 0 Å². The molecule has 0 N–H and O–H groups in total. The van der Waals surface area contributed by atoms with Crippen molar-refractivity contribution in [1.82, 2.24) is 0 Å². The summed E-state index contributed by atoms with van der Waals surface area (Å²) in [5, 5.41) is 0. The second-order valence-corrected chi connectivity index (χ2v) is 23.0. The Morgan fingerprint density at radius 3 is 1.50 bits per heavy atom. The fraction of sp³-hybridized carbons (Fsp3) is 1.00. The summed E-state index contributed by atoms with van der Waals surface area (Å²) in [5.41, 5.74) is 0. The van der Waals surface area contributed by atoms with Gasteiger partial charge in [0.15, 0.2) is 0 Å². The van der Waals surface area contributed by atoms with Crippen LogP contribution in [0.4, 0.5) is 0 Å². The third kappa shape index (κ3) is 7.12. The van der Waals surface area contributed by atoms with Crippen molar-refractivity contribution in [1.29, 1.82) is 0 Å². The maximum atomic E-state index is 2.89. The normalized spacial score (nSPS) is 14.6. The molecule has 52 valence electrons. The monoisotopic (exact) mass is 242 g/mol. The summed E-state index contributed by atoms with van der Waals surface area (Å²) in [5.74, 6) is 0. The maximum absolute atomic E-state index is 2.89. The molecular weight excluding hydrogens is 229 g/mol. The third-order valence-electron chi connectivity index (χ3n) is 0.381. The minimum absolute atomic E-state index is 0. The van der Waals surface area contributed by atoms with Crippen molar-refractivity contribution in [2.45, 2.75) is 7.43 Å². The summed E-state index contributed by atoms with van der Waals surface area (Å²) < 4.78 is 0. The van der Waals surface area contributed by atoms with E-state index in [9.17, 15) is 0 Å². The molecule has 8 heavy (non-hydrogen) atoms. The molecule has 0 aromatic rings. The van der Waals surface area contributed by atoms with E-state index in [0.717, 1.165) is 7.96 Å². The Hall–Kier alpha value is 3.01. The number of hydrogen-bond acceptors (Lipinski definition) is 0. The van der Waals surface area contributed by atoms with Crippen LogP contribution >= 0.6 is 57.6 Å². The van der Waals surface area contributed by atoms with Gasteiger partial charge in [0.25, 0.3) is 0 Å². The zero-order chi connectivity index (χ0) is 5.86. The van der Waals surface area contributed by atoms with Gasteiger partial charge in [-0.25, -0.2) is 0 Å². The summed E-state index contributed by atoms with van der Waals surface area (Å²) in [6.45, 7) is 0.452. The predicted molar refractivity (Wildman–Crippen MR) is 67.7 cm³/mol. The van der Waals surface area contributed by atoms with Crippen LogP contribution in [0.15, 0.2) is 0 Å². The first-order valence-electron chi connectivity index (χ1n) is 1.49. The Morgan fingerprint density at radius 1 is 1.12 bits per heavy atom. The molecule has 6 unspecified atom stereocenters. The fourth-order valence-corrected chi connectivity index (χ4v) is 16.2. The van der Waals surface area contributed by atoms with Crippen LogP contribution in [0.1, 0.15) is 7.43 Å². The van der Waals surface area contributed by atoms with Gasteiger partial charge in [-0.2, -0.15) is 0 Å². The van der Waals surface area contributed by atoms with Gasteiger partial charge in [0.1, 0.15) is 0 Å². The molecule has 0 nitrogen and oxygen atoms in total. The van der Waals surface area contributed by atoms with Crippen LogP contribution in [0.25, 0.3) is 0 Å². The van der Waals surface area contributed by atoms with Gasteiger partial charge in [-0.3, -0.25) is 0 Å². The molecule has 0 saturated heterocycles. The van der Waals surface area contributed by atoms with Crippen LogP contribution < -0.4 is 0 Å². The topological polar surface area (TPSA) is 0 Å². The van der Waals surface area contributed by atoms with Crippen LogP contribution in [0.2, 0.25) is 0 Å². The zero-order valence-corrected chi connectivity index (χ0v) is 11.1. The molecule has 0 aliphatic rings. The molecule has 0 aromatic heterocycles. The van der Waals surface area contributed by atoms with Crippen molar-refractivity contribution in [2.75, 3.05) is 0 Å². The van der Waals surface area contributed by atoms with Crippen molar-refractivity contribution in [3.8, 4) is 0 Å². The Bertz CT molecular complexity index is 41.7. The largest absolute Gasteiger partial charge is 0.109 e. The molecule has 0 heterocycles. The Labute approximate surface area is 65.3 Å². The van der Waals surface area contributed by atoms with Gasteiger partial charge in [-0.05, 0) is 14.0 Å². The molecule has 0 fully saturated rings. The molecule has 0 amide bonds. The first-order valence-corrected chi connectivity index (χ1v) is 13.4. The lowest BCUT2D eigenvalue weighted by molar-refractivity contribution is 2.50. The smallest absolute Gasteiger partial charge is 0.0287 e. The average Bonchev–Trinajstić information content (AvgIpc) is 1.65. The second-order valence-electron chi connectivity index (χ2n) is 0.854. The molecule has 0 saturated carbocycles. The molecule has 7 heteroatoms. The minimum Gasteiger partial charge on any atom is -0.109 e. The highest BCUT2D eigenvalue weighted by atomic mass is 33.0. The van der Waals surface area contributed by atoms with E-state index in [1.807, 2.05) is 0 Å². The first kappa shape index (κ1) is 13.6. The van der Waals surface area contributed by atoms with Gasteiger partial charge >= 0.3 is 0 Å². The fourth-order valence-electron chi connectivity index (χ4n) is 0.0667. The van der Waals surface area contributed by atoms with E-state index in [-0.39, 0.29) is 21.4 Å². The third-order valence-corrected chi connectivity index (χ3v) is 30.9. The van der Waals surface area contributed by atoms with Crippen molar-refractivity contribution < 1.29 is 0 Å². The van der Waals surface area contributed by atoms with Crippen LogP contribution in [0, 0.1) is 0 Å². The maximum Gasteiger partial charge on any atom is -0.0287 e. The van der Waals surface area contributed by atoms with Crippen LogP contribution in [0.5, 0.6) is 0 Å². The van der Waals surface area contributed by atoms with E-state index in [2.05, 4.69) is 35.7 Å². The molecule has 0 rings (SSSR count). The van der Waals surface area contributed by atoms with Crippen molar-refractivity contribution in [3.05, 3.63) is 0 Å². The number of rotatable bonds is 2. The quantitative estimate of drug-likeness (QED) is 0.634. The highest BCUT2D eigenvalue weighted by molar-refractivity contribution is 8.98. The summed E-state index contributed by atoms with van der Waals surface area (Å²) >= 11 is 0. The number of hydrogen-bond donors (Lipinski definition) is 0. The van der Waals surface area contributed by atoms with Gasteiger partial charge in [0.2, 0.25) is 0 Å². The highest BCUT2D eigenvalue weighted by Gasteiger charge is 2.00. The predicted octanol–water partition coefficient (Wildman–Crippen LogP) is 4.26. The average molecular weight is 242 g/mol. The lowest BCUT2D eigenvalue weighted by Gasteiger charge is -2.11. The standard InChI is InChI=1S/CH4.H9P7/c;1-5-7(4)6(2)3/h1H4;5H,1-4H2. The van der Waals surface area contributed by atoms with Crippen LogP contribution in [-0.4, -0.2) is 0 Å². The molecule has 0 radical (unpaired) electrons. The SMILES string of the molecule is C.PPP(P)P(P)P. The van der Waals surface area contributed by atoms with Crippen molar-refractivity contribution >= 4 is 57.6 Å². The Kier molecular flexibility index (Phi) is 13.8. The van der Waals surface area contributed by atoms with Gasteiger partial charge in [-0.15, -0.1) is 35.7 Å². The molecular formula is CH13P7. The molecule has 0 aliphatic carbocycles. The summed E-state index contributed by atoms with van der Waals surface area (Å²) in [4.78, 5) is 0. The van der Waals surface area contributed by atoms with E-state index >= 15 is 0 Å². The van der Waals surface area contributed by atoms with Crippen LogP contribution in [0.3, 0.4) is 0 Å². The molecule has 0 spiro atoms. The van der Waals surface area contributed by atoms with E-state index in [1.165, 1.54) is 0 Å². The van der Waals surface area contributed by atoms with Gasteiger partial charge in [0.05, 0.1) is 0 Å². The lowest BCUT2D eigenvalue weighted by atomic mass is 12.0.